The summed E-state index contributed by atoms with van der Waals surface area (Å²) in [6, 6.07) is 21.5. The lowest BCUT2D eigenvalue weighted by atomic mass is 9.99. The third-order valence-electron chi connectivity index (χ3n) is 7.56. The number of nitrogens with two attached hydrogens (primary N) is 2. The van der Waals surface area contributed by atoms with Gasteiger partial charge in [-0.15, -0.1) is 0 Å². The van der Waals surface area contributed by atoms with Crippen LogP contribution in [0.3, 0.4) is 0 Å². The topological polar surface area (TPSA) is 121 Å². The number of hydrogen-bond acceptors (Lipinski definition) is 5. The Morgan fingerprint density at radius 3 is 2.58 bits per heavy atom. The highest BCUT2D eigenvalue weighted by atomic mass is 19.1. The molecule has 9 heteroatoms. The van der Waals surface area contributed by atoms with Crippen molar-refractivity contribution >= 4 is 22.6 Å². The highest BCUT2D eigenvalue weighted by Crippen LogP contribution is 2.20. The molecule has 40 heavy (non-hydrogen) atoms. The summed E-state index contributed by atoms with van der Waals surface area (Å²) in [5, 5.41) is 12.6. The van der Waals surface area contributed by atoms with Gasteiger partial charge in [0.1, 0.15) is 5.82 Å². The zero-order valence-corrected chi connectivity index (χ0v) is 23.3. The molecular formula is C31H42FN7O. The Kier molecular flexibility index (Phi) is 10.9. The van der Waals surface area contributed by atoms with Crippen LogP contribution < -0.4 is 27.4 Å². The maximum atomic E-state index is 13.3. The number of carbonyl (C=O) groups excluding carboxylic acids is 1. The molecule has 4 rings (SSSR count). The molecule has 3 atom stereocenters. The predicted octanol–water partition coefficient (Wildman–Crippen LogP) is 2.51. The molecule has 0 spiro atoms. The van der Waals surface area contributed by atoms with Crippen LogP contribution in [0, 0.1) is 5.82 Å². The molecule has 7 N–H and O–H groups in total. The minimum Gasteiger partial charge on any atom is -0.370 e. The van der Waals surface area contributed by atoms with Crippen LogP contribution in [0.25, 0.3) is 10.8 Å². The van der Waals surface area contributed by atoms with Crippen molar-refractivity contribution in [2.24, 2.45) is 16.5 Å². The molecule has 0 saturated carbocycles. The third kappa shape index (κ3) is 8.74. The minimum atomic E-state index is -0.279. The number of fused-ring (bicyclic) bond motifs is 1. The van der Waals surface area contributed by atoms with Crippen LogP contribution in [0.2, 0.25) is 0 Å². The van der Waals surface area contributed by atoms with Crippen LogP contribution in [-0.4, -0.2) is 68.1 Å². The molecule has 0 bridgehead atoms. The van der Waals surface area contributed by atoms with Gasteiger partial charge in [0.25, 0.3) is 0 Å². The number of nitrogens with one attached hydrogen (secondary N) is 3. The van der Waals surface area contributed by atoms with Crippen LogP contribution in [0.15, 0.2) is 71.7 Å². The van der Waals surface area contributed by atoms with Gasteiger partial charge >= 0.3 is 0 Å². The van der Waals surface area contributed by atoms with Gasteiger partial charge in [0.05, 0.1) is 6.04 Å². The highest BCUT2D eigenvalue weighted by Gasteiger charge is 2.31. The zero-order chi connectivity index (χ0) is 28.3. The number of amides is 1. The second-order valence-electron chi connectivity index (χ2n) is 10.6. The molecule has 1 heterocycles. The van der Waals surface area contributed by atoms with Gasteiger partial charge in [-0.3, -0.25) is 14.7 Å². The summed E-state index contributed by atoms with van der Waals surface area (Å²) in [5.74, 6) is -0.0964. The van der Waals surface area contributed by atoms with Crippen LogP contribution in [0.4, 0.5) is 4.39 Å². The van der Waals surface area contributed by atoms with E-state index < -0.39 is 0 Å². The van der Waals surface area contributed by atoms with E-state index in [0.29, 0.717) is 19.5 Å². The minimum absolute atomic E-state index is 0.0281. The first-order chi connectivity index (χ1) is 19.4. The quantitative estimate of drug-likeness (QED) is 0.135. The Hall–Kier alpha value is -3.53. The van der Waals surface area contributed by atoms with E-state index in [2.05, 4.69) is 56.2 Å². The standard InChI is InChI=1S/C31H42FN7O/c1-35-30(40)29(18-23-8-11-24-5-2-3-6-25(24)17-23)39-16-14-27(20-36-19-22-9-12-26(32)13-10-22)38-28(21-39)7-4-15-37-31(33)34/h2-3,5-6,8-13,17,27-29,36,38H,4,7,14-16,18-21H2,1H3,(H,35,40)(H4,33,34,37). The molecule has 1 fully saturated rings. The Morgan fingerprint density at radius 2 is 1.82 bits per heavy atom. The normalized spacial score (nSPS) is 18.6. The fourth-order valence-electron chi connectivity index (χ4n) is 5.47. The monoisotopic (exact) mass is 547 g/mol. The van der Waals surface area contributed by atoms with Crippen LogP contribution >= 0.6 is 0 Å². The summed E-state index contributed by atoms with van der Waals surface area (Å²) >= 11 is 0. The molecule has 3 unspecified atom stereocenters. The lowest BCUT2D eigenvalue weighted by molar-refractivity contribution is -0.126. The number of nitrogens with zero attached hydrogens (tertiary/aromatic N) is 2. The third-order valence-corrected chi connectivity index (χ3v) is 7.56. The van der Waals surface area contributed by atoms with E-state index in [0.717, 1.165) is 50.0 Å². The molecule has 0 radical (unpaired) electrons. The molecular weight excluding hydrogens is 505 g/mol. The Bertz CT molecular complexity index is 1260. The molecule has 1 aliphatic rings. The number of rotatable bonds is 12. The van der Waals surface area contributed by atoms with Crippen molar-refractivity contribution in [2.75, 3.05) is 33.2 Å². The summed E-state index contributed by atoms with van der Waals surface area (Å²) < 4.78 is 13.3. The average Bonchev–Trinajstić information content (AvgIpc) is 3.16. The number of carbonyl (C=O) groups is 1. The van der Waals surface area contributed by atoms with Gasteiger partial charge in [-0.1, -0.05) is 54.6 Å². The number of halogens is 1. The zero-order valence-electron chi connectivity index (χ0n) is 23.3. The Morgan fingerprint density at radius 1 is 1.07 bits per heavy atom. The summed E-state index contributed by atoms with van der Waals surface area (Å²) in [7, 11) is 1.71. The molecule has 0 aromatic heterocycles. The van der Waals surface area contributed by atoms with Crippen LogP contribution in [0.1, 0.15) is 30.4 Å². The van der Waals surface area contributed by atoms with E-state index in [4.69, 9.17) is 11.5 Å². The Balaban J connectivity index is 1.46. The maximum absolute atomic E-state index is 13.3. The molecule has 1 saturated heterocycles. The number of guanidine groups is 1. The predicted molar refractivity (Wildman–Crippen MR) is 160 cm³/mol. The first kappa shape index (κ1) is 29.5. The van der Waals surface area contributed by atoms with Crippen molar-refractivity contribution in [1.82, 2.24) is 20.9 Å². The highest BCUT2D eigenvalue weighted by molar-refractivity contribution is 5.84. The largest absolute Gasteiger partial charge is 0.370 e. The molecule has 214 valence electrons. The fourth-order valence-corrected chi connectivity index (χ4v) is 5.47. The molecule has 1 aliphatic heterocycles. The number of hydrogen-bond donors (Lipinski definition) is 5. The molecule has 0 aliphatic carbocycles. The van der Waals surface area contributed by atoms with Crippen molar-refractivity contribution in [3.8, 4) is 0 Å². The van der Waals surface area contributed by atoms with Gasteiger partial charge in [-0.05, 0) is 59.7 Å². The number of aliphatic imine (C=N–C) groups is 1. The molecule has 3 aromatic rings. The van der Waals surface area contributed by atoms with Crippen molar-refractivity contribution < 1.29 is 9.18 Å². The van der Waals surface area contributed by atoms with E-state index in [-0.39, 0.29) is 35.8 Å². The van der Waals surface area contributed by atoms with Gasteiger partial charge in [-0.2, -0.15) is 0 Å². The van der Waals surface area contributed by atoms with Crippen LogP contribution in [0.5, 0.6) is 0 Å². The molecule has 1 amide bonds. The van der Waals surface area contributed by atoms with E-state index >= 15 is 0 Å². The smallest absolute Gasteiger partial charge is 0.237 e. The maximum Gasteiger partial charge on any atom is 0.237 e. The van der Waals surface area contributed by atoms with Gasteiger partial charge in [-0.25, -0.2) is 4.39 Å². The van der Waals surface area contributed by atoms with E-state index in [1.54, 1.807) is 19.2 Å². The van der Waals surface area contributed by atoms with E-state index in [1.807, 2.05) is 12.1 Å². The van der Waals surface area contributed by atoms with Gasteiger partial charge in [0.15, 0.2) is 5.96 Å². The molecule has 8 nitrogen and oxygen atoms in total. The van der Waals surface area contributed by atoms with Crippen molar-refractivity contribution in [1.29, 1.82) is 0 Å². The van der Waals surface area contributed by atoms with Crippen molar-refractivity contribution in [3.05, 3.63) is 83.7 Å². The molecule has 3 aromatic carbocycles. The van der Waals surface area contributed by atoms with Gasteiger partial charge in [0.2, 0.25) is 5.91 Å². The SMILES string of the molecule is CNC(=O)C(Cc1ccc2ccccc2c1)N1CCC(CNCc2ccc(F)cc2)NC(CCCN=C(N)N)C1. The summed E-state index contributed by atoms with van der Waals surface area (Å²) in [6.45, 7) is 3.56. The Labute approximate surface area is 236 Å². The summed E-state index contributed by atoms with van der Waals surface area (Å²) in [6.07, 6.45) is 3.26. The van der Waals surface area contributed by atoms with Crippen LogP contribution in [-0.2, 0) is 17.8 Å². The lowest BCUT2D eigenvalue weighted by Gasteiger charge is -2.31. The second kappa shape index (κ2) is 14.7. The first-order valence-corrected chi connectivity index (χ1v) is 14.1. The average molecular weight is 548 g/mol. The fraction of sp³-hybridized carbons (Fsp3) is 0.419. The van der Waals surface area contributed by atoms with E-state index in [9.17, 15) is 9.18 Å². The van der Waals surface area contributed by atoms with Crippen molar-refractivity contribution in [3.63, 3.8) is 0 Å². The number of likely N-dealkylation sites (N-methyl/N-ethyl adjacent to an activating group) is 1. The van der Waals surface area contributed by atoms with E-state index in [1.165, 1.54) is 22.9 Å². The number of benzene rings is 3. The lowest BCUT2D eigenvalue weighted by Crippen LogP contribution is -2.51. The summed E-state index contributed by atoms with van der Waals surface area (Å²) in [4.78, 5) is 19.7. The van der Waals surface area contributed by atoms with Gasteiger partial charge in [0, 0.05) is 51.9 Å². The first-order valence-electron chi connectivity index (χ1n) is 14.1. The van der Waals surface area contributed by atoms with Crippen molar-refractivity contribution in [2.45, 2.75) is 50.4 Å². The summed E-state index contributed by atoms with van der Waals surface area (Å²) in [5.41, 5.74) is 13.2. The van der Waals surface area contributed by atoms with Gasteiger partial charge < -0.3 is 27.4 Å². The second-order valence-corrected chi connectivity index (χ2v) is 10.6.